The highest BCUT2D eigenvalue weighted by atomic mass is 16.3. The van der Waals surface area contributed by atoms with Crippen molar-refractivity contribution in [3.8, 4) is 0 Å². The van der Waals surface area contributed by atoms with E-state index in [0.717, 1.165) is 0 Å². The summed E-state index contributed by atoms with van der Waals surface area (Å²) in [5.74, 6) is -0.131. The van der Waals surface area contributed by atoms with Crippen LogP contribution in [0.2, 0.25) is 0 Å². The molecule has 1 aliphatic rings. The van der Waals surface area contributed by atoms with Crippen molar-refractivity contribution in [1.29, 1.82) is 0 Å². The Morgan fingerprint density at radius 3 is 3.00 bits per heavy atom. The number of nitrogens with one attached hydrogen (secondary N) is 2. The molecule has 7 heteroatoms. The molecule has 2 amide bonds. The lowest BCUT2D eigenvalue weighted by Crippen LogP contribution is -2.25. The molecule has 1 aliphatic heterocycles. The van der Waals surface area contributed by atoms with Gasteiger partial charge in [0.2, 0.25) is 11.8 Å². The standard InChI is InChI=1S/C13H16N4O3/c1-8-10(13(19)17-14-8)5-6-12(18)16-15-9(2)11-4-3-7-20-11/h3-4,7,10H,5-6H2,1-2H3,(H,16,18)(H,17,19)/b15-9-. The van der Waals surface area contributed by atoms with Gasteiger partial charge in [-0.1, -0.05) is 0 Å². The van der Waals surface area contributed by atoms with Gasteiger partial charge in [0.15, 0.2) is 0 Å². The number of hydrogen-bond donors (Lipinski definition) is 2. The summed E-state index contributed by atoms with van der Waals surface area (Å²) in [4.78, 5) is 23.1. The minimum atomic E-state index is -0.323. The molecule has 0 aromatic carbocycles. The summed E-state index contributed by atoms with van der Waals surface area (Å²) < 4.78 is 5.15. The van der Waals surface area contributed by atoms with Gasteiger partial charge in [0.1, 0.15) is 11.5 Å². The SMILES string of the molecule is CC1=NNC(=O)C1CCC(=O)N/N=C(/C)c1ccco1. The third-order valence-electron chi connectivity index (χ3n) is 3.05. The number of hydrogen-bond acceptors (Lipinski definition) is 5. The highest BCUT2D eigenvalue weighted by Crippen LogP contribution is 2.13. The molecule has 0 saturated carbocycles. The molecule has 2 N–H and O–H groups in total. The fraction of sp³-hybridized carbons (Fsp3) is 0.385. The molecule has 2 rings (SSSR count). The molecule has 7 nitrogen and oxygen atoms in total. The lowest BCUT2D eigenvalue weighted by atomic mass is 9.99. The van der Waals surface area contributed by atoms with Crippen molar-refractivity contribution in [1.82, 2.24) is 10.9 Å². The summed E-state index contributed by atoms with van der Waals surface area (Å²) in [7, 11) is 0. The van der Waals surface area contributed by atoms with Crippen molar-refractivity contribution in [2.75, 3.05) is 0 Å². The van der Waals surface area contributed by atoms with E-state index in [2.05, 4.69) is 21.1 Å². The van der Waals surface area contributed by atoms with Gasteiger partial charge in [0.25, 0.3) is 0 Å². The molecular weight excluding hydrogens is 260 g/mol. The zero-order valence-corrected chi connectivity index (χ0v) is 11.3. The molecule has 0 aliphatic carbocycles. The molecule has 1 atom stereocenters. The van der Waals surface area contributed by atoms with Gasteiger partial charge >= 0.3 is 0 Å². The van der Waals surface area contributed by atoms with E-state index in [1.165, 1.54) is 6.26 Å². The van der Waals surface area contributed by atoms with Crippen molar-refractivity contribution in [2.45, 2.75) is 26.7 Å². The third-order valence-corrected chi connectivity index (χ3v) is 3.05. The van der Waals surface area contributed by atoms with Crippen molar-refractivity contribution in [3.63, 3.8) is 0 Å². The maximum Gasteiger partial charge on any atom is 0.248 e. The summed E-state index contributed by atoms with van der Waals surface area (Å²) in [6.07, 6.45) is 2.17. The molecule has 106 valence electrons. The van der Waals surface area contributed by atoms with Crippen LogP contribution in [0, 0.1) is 5.92 Å². The molecular formula is C13H16N4O3. The van der Waals surface area contributed by atoms with Crippen LogP contribution in [-0.4, -0.2) is 23.2 Å². The molecule has 0 saturated heterocycles. The van der Waals surface area contributed by atoms with E-state index in [-0.39, 0.29) is 24.2 Å². The largest absolute Gasteiger partial charge is 0.463 e. The molecule has 1 unspecified atom stereocenters. The molecule has 0 spiro atoms. The zero-order valence-electron chi connectivity index (χ0n) is 11.3. The van der Waals surface area contributed by atoms with Gasteiger partial charge in [-0.25, -0.2) is 10.9 Å². The first kappa shape index (κ1) is 14.0. The highest BCUT2D eigenvalue weighted by molar-refractivity contribution is 6.07. The molecule has 0 radical (unpaired) electrons. The second-order valence-corrected chi connectivity index (χ2v) is 4.53. The summed E-state index contributed by atoms with van der Waals surface area (Å²) in [5, 5.41) is 7.77. The number of furan rings is 1. The fourth-order valence-corrected chi connectivity index (χ4v) is 1.85. The number of carbonyl (C=O) groups is 2. The van der Waals surface area contributed by atoms with Crippen molar-refractivity contribution < 1.29 is 14.0 Å². The molecule has 1 aromatic heterocycles. The van der Waals surface area contributed by atoms with E-state index >= 15 is 0 Å². The predicted octanol–water partition coefficient (Wildman–Crippen LogP) is 1.02. The Hall–Kier alpha value is -2.44. The van der Waals surface area contributed by atoms with Gasteiger partial charge < -0.3 is 4.42 Å². The van der Waals surface area contributed by atoms with E-state index in [9.17, 15) is 9.59 Å². The Morgan fingerprint density at radius 2 is 2.40 bits per heavy atom. The van der Waals surface area contributed by atoms with Crippen LogP contribution in [0.15, 0.2) is 33.0 Å². The van der Waals surface area contributed by atoms with Crippen LogP contribution in [0.1, 0.15) is 32.4 Å². The van der Waals surface area contributed by atoms with E-state index < -0.39 is 0 Å². The van der Waals surface area contributed by atoms with E-state index in [1.54, 1.807) is 26.0 Å². The number of carbonyl (C=O) groups excluding carboxylic acids is 2. The van der Waals surface area contributed by atoms with E-state index in [1.807, 2.05) is 0 Å². The van der Waals surface area contributed by atoms with Crippen molar-refractivity contribution in [2.24, 2.45) is 16.1 Å². The fourth-order valence-electron chi connectivity index (χ4n) is 1.85. The van der Waals surface area contributed by atoms with Crippen LogP contribution in [0.25, 0.3) is 0 Å². The van der Waals surface area contributed by atoms with Crippen LogP contribution in [-0.2, 0) is 9.59 Å². The Balaban J connectivity index is 1.80. The summed E-state index contributed by atoms with van der Waals surface area (Å²) in [5.41, 5.74) is 6.12. The number of nitrogens with zero attached hydrogens (tertiary/aromatic N) is 2. The average molecular weight is 276 g/mol. The van der Waals surface area contributed by atoms with Gasteiger partial charge in [-0.05, 0) is 32.4 Å². The topological polar surface area (TPSA) is 96.1 Å². The number of hydrazone groups is 2. The smallest absolute Gasteiger partial charge is 0.248 e. The van der Waals surface area contributed by atoms with Gasteiger partial charge in [-0.3, -0.25) is 9.59 Å². The van der Waals surface area contributed by atoms with Crippen LogP contribution < -0.4 is 10.9 Å². The minimum absolute atomic E-state index is 0.162. The van der Waals surface area contributed by atoms with Gasteiger partial charge in [-0.15, -0.1) is 0 Å². The van der Waals surface area contributed by atoms with Crippen molar-refractivity contribution >= 4 is 23.2 Å². The van der Waals surface area contributed by atoms with Crippen LogP contribution in [0.3, 0.4) is 0 Å². The summed E-state index contributed by atoms with van der Waals surface area (Å²) >= 11 is 0. The second-order valence-electron chi connectivity index (χ2n) is 4.53. The third kappa shape index (κ3) is 3.31. The first-order chi connectivity index (χ1) is 9.58. The number of rotatable bonds is 5. The molecule has 20 heavy (non-hydrogen) atoms. The zero-order chi connectivity index (χ0) is 14.5. The molecule has 0 fully saturated rings. The first-order valence-electron chi connectivity index (χ1n) is 6.29. The van der Waals surface area contributed by atoms with Gasteiger partial charge in [0, 0.05) is 12.1 Å². The van der Waals surface area contributed by atoms with Crippen LogP contribution in [0.4, 0.5) is 0 Å². The first-order valence-corrected chi connectivity index (χ1v) is 6.29. The van der Waals surface area contributed by atoms with E-state index in [4.69, 9.17) is 4.42 Å². The molecule has 0 bridgehead atoms. The van der Waals surface area contributed by atoms with Crippen LogP contribution >= 0.6 is 0 Å². The molecule has 2 heterocycles. The van der Waals surface area contributed by atoms with Gasteiger partial charge in [-0.2, -0.15) is 10.2 Å². The quantitative estimate of drug-likeness (QED) is 0.620. The Morgan fingerprint density at radius 1 is 1.60 bits per heavy atom. The lowest BCUT2D eigenvalue weighted by Gasteiger charge is -2.06. The predicted molar refractivity (Wildman–Crippen MR) is 73.0 cm³/mol. The summed E-state index contributed by atoms with van der Waals surface area (Å²) in [6.45, 7) is 3.50. The Labute approximate surface area is 116 Å². The highest BCUT2D eigenvalue weighted by Gasteiger charge is 2.26. The number of amides is 2. The van der Waals surface area contributed by atoms with Gasteiger partial charge in [0.05, 0.1) is 12.2 Å². The molecule has 1 aromatic rings. The maximum atomic E-state index is 11.7. The van der Waals surface area contributed by atoms with Crippen molar-refractivity contribution in [3.05, 3.63) is 24.2 Å². The normalized spacial score (nSPS) is 18.7. The maximum absolute atomic E-state index is 11.7. The summed E-state index contributed by atoms with van der Waals surface area (Å²) in [6, 6.07) is 3.50. The van der Waals surface area contributed by atoms with Crippen LogP contribution in [0.5, 0.6) is 0 Å². The minimum Gasteiger partial charge on any atom is -0.463 e. The monoisotopic (exact) mass is 276 g/mol. The van der Waals surface area contributed by atoms with E-state index in [0.29, 0.717) is 23.6 Å². The lowest BCUT2D eigenvalue weighted by molar-refractivity contribution is -0.123. The second kappa shape index (κ2) is 6.14. The Bertz CT molecular complexity index is 560. The Kier molecular flexibility index (Phi) is 4.29. The average Bonchev–Trinajstić information content (AvgIpc) is 3.05.